The summed E-state index contributed by atoms with van der Waals surface area (Å²) in [5.41, 5.74) is 7.35. The molecule has 27 heavy (non-hydrogen) atoms. The molecule has 3 unspecified atom stereocenters. The maximum absolute atomic E-state index is 12.7. The molecule has 0 radical (unpaired) electrons. The molecule has 7 heteroatoms. The van der Waals surface area contributed by atoms with E-state index in [-0.39, 0.29) is 36.3 Å². The zero-order valence-corrected chi connectivity index (χ0v) is 16.6. The summed E-state index contributed by atoms with van der Waals surface area (Å²) in [7, 11) is 0. The zero-order chi connectivity index (χ0) is 18.4. The smallest absolute Gasteiger partial charge is 0.231 e. The molecule has 2 aromatic rings. The van der Waals surface area contributed by atoms with Crippen LogP contribution in [0.2, 0.25) is 0 Å². The van der Waals surface area contributed by atoms with Gasteiger partial charge in [-0.15, -0.1) is 12.4 Å². The number of amides is 1. The van der Waals surface area contributed by atoms with E-state index >= 15 is 0 Å². The number of hydrogen-bond donors (Lipinski definition) is 2. The Hall–Kier alpha value is -1.92. The van der Waals surface area contributed by atoms with E-state index in [1.54, 1.807) is 0 Å². The van der Waals surface area contributed by atoms with Crippen LogP contribution in [0.25, 0.3) is 0 Å². The highest BCUT2D eigenvalue weighted by Crippen LogP contribution is 2.23. The van der Waals surface area contributed by atoms with Crippen LogP contribution in [-0.4, -0.2) is 22.1 Å². The normalized spacial score (nSPS) is 21.4. The lowest BCUT2D eigenvalue weighted by atomic mass is 9.86. The Balaban J connectivity index is 0.00000261. The van der Waals surface area contributed by atoms with Crippen LogP contribution >= 0.6 is 12.4 Å². The first-order chi connectivity index (χ1) is 12.6. The van der Waals surface area contributed by atoms with Crippen molar-refractivity contribution < 1.29 is 9.32 Å². The number of nitrogens with two attached hydrogens (primary N) is 1. The molecular formula is C20H29ClN4O2. The molecule has 1 aliphatic carbocycles. The molecule has 148 valence electrons. The fourth-order valence-electron chi connectivity index (χ4n) is 3.51. The fraction of sp³-hybridized carbons (Fsp3) is 0.550. The summed E-state index contributed by atoms with van der Waals surface area (Å²) in [5.74, 6) is 0.924. The molecule has 0 aliphatic heterocycles. The molecular weight excluding hydrogens is 364 g/mol. The molecule has 3 rings (SSSR count). The van der Waals surface area contributed by atoms with Crippen LogP contribution in [0.3, 0.4) is 0 Å². The predicted octanol–water partition coefficient (Wildman–Crippen LogP) is 3.56. The van der Waals surface area contributed by atoms with E-state index in [0.717, 1.165) is 31.2 Å². The van der Waals surface area contributed by atoms with Crippen molar-refractivity contribution in [3.05, 3.63) is 47.6 Å². The number of carbonyl (C=O) groups is 1. The summed E-state index contributed by atoms with van der Waals surface area (Å²) in [4.78, 5) is 17.1. The molecule has 1 heterocycles. The largest absolute Gasteiger partial charge is 0.346 e. The van der Waals surface area contributed by atoms with E-state index in [9.17, 15) is 4.79 Å². The fourth-order valence-corrected chi connectivity index (χ4v) is 3.51. The van der Waals surface area contributed by atoms with Crippen LogP contribution in [0.4, 0.5) is 0 Å². The summed E-state index contributed by atoms with van der Waals surface area (Å²) in [6.07, 6.45) is 6.91. The summed E-state index contributed by atoms with van der Waals surface area (Å²) in [6.45, 7) is 1.88. The second-order valence-corrected chi connectivity index (χ2v) is 7.20. The van der Waals surface area contributed by atoms with E-state index in [2.05, 4.69) is 15.5 Å². The molecule has 0 bridgehead atoms. The van der Waals surface area contributed by atoms with Crippen LogP contribution in [0.5, 0.6) is 0 Å². The van der Waals surface area contributed by atoms with Gasteiger partial charge < -0.3 is 15.6 Å². The quantitative estimate of drug-likeness (QED) is 0.811. The molecule has 1 saturated carbocycles. The van der Waals surface area contributed by atoms with Crippen molar-refractivity contribution in [3.63, 3.8) is 0 Å². The summed E-state index contributed by atoms with van der Waals surface area (Å²) in [6, 6.07) is 9.60. The zero-order valence-electron chi connectivity index (χ0n) is 15.8. The number of nitrogens with one attached hydrogen (secondary N) is 1. The van der Waals surface area contributed by atoms with Crippen molar-refractivity contribution in [1.29, 1.82) is 0 Å². The van der Waals surface area contributed by atoms with Crippen LogP contribution in [0.1, 0.15) is 68.8 Å². The van der Waals surface area contributed by atoms with Gasteiger partial charge in [0.05, 0.1) is 18.4 Å². The first kappa shape index (κ1) is 21.4. The van der Waals surface area contributed by atoms with Gasteiger partial charge in [0.15, 0.2) is 5.82 Å². The Kier molecular flexibility index (Phi) is 8.25. The molecule has 3 atom stereocenters. The molecule has 0 spiro atoms. The number of rotatable bonds is 5. The van der Waals surface area contributed by atoms with E-state index < -0.39 is 0 Å². The second-order valence-electron chi connectivity index (χ2n) is 7.20. The lowest BCUT2D eigenvalue weighted by Gasteiger charge is -2.26. The van der Waals surface area contributed by atoms with E-state index in [0.29, 0.717) is 18.1 Å². The Morgan fingerprint density at radius 1 is 1.22 bits per heavy atom. The third-order valence-electron chi connectivity index (χ3n) is 5.08. The Morgan fingerprint density at radius 3 is 2.67 bits per heavy atom. The number of hydrogen-bond acceptors (Lipinski definition) is 5. The number of nitrogens with zero attached hydrogens (tertiary/aromatic N) is 2. The highest BCUT2D eigenvalue weighted by molar-refractivity contribution is 5.85. The lowest BCUT2D eigenvalue weighted by Crippen LogP contribution is -2.43. The Morgan fingerprint density at radius 2 is 1.93 bits per heavy atom. The van der Waals surface area contributed by atoms with Crippen LogP contribution < -0.4 is 11.1 Å². The van der Waals surface area contributed by atoms with Gasteiger partial charge in [0.2, 0.25) is 11.8 Å². The minimum atomic E-state index is -0.298. The van der Waals surface area contributed by atoms with Crippen molar-refractivity contribution in [2.24, 2.45) is 11.7 Å². The molecule has 0 saturated heterocycles. The Bertz CT molecular complexity index is 707. The van der Waals surface area contributed by atoms with Crippen molar-refractivity contribution in [3.8, 4) is 0 Å². The van der Waals surface area contributed by atoms with Crippen LogP contribution in [-0.2, 0) is 11.2 Å². The average molecular weight is 393 g/mol. The Labute approximate surface area is 166 Å². The van der Waals surface area contributed by atoms with E-state index in [4.69, 9.17) is 10.3 Å². The number of aromatic nitrogens is 2. The highest BCUT2D eigenvalue weighted by atomic mass is 35.5. The standard InChI is InChI=1S/C20H28N4O2.ClH/c1-14(22-20(25)16-11-7-2-3-8-12-17(16)21)19-23-18(26-24-19)13-15-9-5-4-6-10-15;/h4-6,9-10,14,16-17H,2-3,7-8,11-13,21H2,1H3,(H,22,25);1H. The lowest BCUT2D eigenvalue weighted by molar-refractivity contribution is -0.126. The predicted molar refractivity (Wildman–Crippen MR) is 107 cm³/mol. The number of carbonyl (C=O) groups excluding carboxylic acids is 1. The van der Waals surface area contributed by atoms with Gasteiger partial charge in [-0.1, -0.05) is 61.2 Å². The topological polar surface area (TPSA) is 94.0 Å². The maximum Gasteiger partial charge on any atom is 0.231 e. The van der Waals surface area contributed by atoms with Gasteiger partial charge in [0, 0.05) is 6.04 Å². The first-order valence-corrected chi connectivity index (χ1v) is 9.56. The van der Waals surface area contributed by atoms with Gasteiger partial charge in [-0.25, -0.2) is 0 Å². The second kappa shape index (κ2) is 10.4. The highest BCUT2D eigenvalue weighted by Gasteiger charge is 2.28. The SMILES string of the molecule is CC(NC(=O)C1CCCCCCC1N)c1noc(Cc2ccccc2)n1.Cl. The van der Waals surface area contributed by atoms with Crippen LogP contribution in [0, 0.1) is 5.92 Å². The van der Waals surface area contributed by atoms with Gasteiger partial charge in [0.25, 0.3) is 0 Å². The van der Waals surface area contributed by atoms with E-state index in [1.165, 1.54) is 12.8 Å². The third kappa shape index (κ3) is 6.04. The minimum absolute atomic E-state index is 0. The summed E-state index contributed by atoms with van der Waals surface area (Å²) < 4.78 is 5.34. The van der Waals surface area contributed by atoms with Gasteiger partial charge >= 0.3 is 0 Å². The summed E-state index contributed by atoms with van der Waals surface area (Å²) >= 11 is 0. The minimum Gasteiger partial charge on any atom is -0.346 e. The molecule has 1 aromatic heterocycles. The van der Waals surface area contributed by atoms with Gasteiger partial charge in [0.1, 0.15) is 0 Å². The number of halogens is 1. The van der Waals surface area contributed by atoms with Crippen molar-refractivity contribution in [1.82, 2.24) is 15.5 Å². The van der Waals surface area contributed by atoms with E-state index in [1.807, 2.05) is 37.3 Å². The van der Waals surface area contributed by atoms with Crippen molar-refractivity contribution in [2.75, 3.05) is 0 Å². The monoisotopic (exact) mass is 392 g/mol. The number of benzene rings is 1. The maximum atomic E-state index is 12.7. The molecule has 1 amide bonds. The molecule has 1 aromatic carbocycles. The molecule has 6 nitrogen and oxygen atoms in total. The average Bonchev–Trinajstić information content (AvgIpc) is 3.08. The third-order valence-corrected chi connectivity index (χ3v) is 5.08. The van der Waals surface area contributed by atoms with Gasteiger partial charge in [-0.3, -0.25) is 4.79 Å². The van der Waals surface area contributed by atoms with Gasteiger partial charge in [-0.2, -0.15) is 4.98 Å². The van der Waals surface area contributed by atoms with Crippen molar-refractivity contribution >= 4 is 18.3 Å². The first-order valence-electron chi connectivity index (χ1n) is 9.56. The van der Waals surface area contributed by atoms with Crippen molar-refractivity contribution in [2.45, 2.75) is 64.0 Å². The van der Waals surface area contributed by atoms with Gasteiger partial charge in [-0.05, 0) is 25.3 Å². The molecule has 1 fully saturated rings. The van der Waals surface area contributed by atoms with Crippen LogP contribution in [0.15, 0.2) is 34.9 Å². The molecule has 1 aliphatic rings. The summed E-state index contributed by atoms with van der Waals surface area (Å²) in [5, 5.41) is 7.05. The molecule has 3 N–H and O–H groups in total.